The molecule has 0 amide bonds. The predicted molar refractivity (Wildman–Crippen MR) is 92.0 cm³/mol. The molecule has 2 atom stereocenters. The molecule has 4 heteroatoms. The zero-order chi connectivity index (χ0) is 16.2. The van der Waals surface area contributed by atoms with Crippen molar-refractivity contribution < 1.29 is 9.47 Å². The van der Waals surface area contributed by atoms with Gasteiger partial charge in [-0.2, -0.15) is 0 Å². The summed E-state index contributed by atoms with van der Waals surface area (Å²) in [5.41, 5.74) is 8.86. The fourth-order valence-corrected chi connectivity index (χ4v) is 3.32. The zero-order valence-corrected chi connectivity index (χ0v) is 13.7. The molecule has 2 aromatic carbocycles. The summed E-state index contributed by atoms with van der Waals surface area (Å²) >= 11 is 0. The summed E-state index contributed by atoms with van der Waals surface area (Å²) in [7, 11) is 3.36. The van der Waals surface area contributed by atoms with Crippen LogP contribution in [0.3, 0.4) is 0 Å². The van der Waals surface area contributed by atoms with Crippen molar-refractivity contribution in [3.05, 3.63) is 59.7 Å². The lowest BCUT2D eigenvalue weighted by atomic mass is 9.95. The summed E-state index contributed by atoms with van der Waals surface area (Å²) in [6, 6.07) is 16.7. The van der Waals surface area contributed by atoms with Crippen LogP contribution in [0.25, 0.3) is 0 Å². The molecule has 1 aliphatic rings. The molecule has 0 spiro atoms. The Kier molecular flexibility index (Phi) is 4.84. The van der Waals surface area contributed by atoms with E-state index in [2.05, 4.69) is 35.2 Å². The Morgan fingerprint density at radius 2 is 1.83 bits per heavy atom. The zero-order valence-electron chi connectivity index (χ0n) is 13.7. The van der Waals surface area contributed by atoms with Crippen molar-refractivity contribution in [2.45, 2.75) is 18.5 Å². The molecule has 0 bridgehead atoms. The van der Waals surface area contributed by atoms with Gasteiger partial charge in [-0.3, -0.25) is 4.90 Å². The summed E-state index contributed by atoms with van der Waals surface area (Å²) < 4.78 is 10.8. The molecule has 3 rings (SSSR count). The Morgan fingerprint density at radius 3 is 2.52 bits per heavy atom. The Labute approximate surface area is 137 Å². The highest BCUT2D eigenvalue weighted by molar-refractivity contribution is 5.40. The first-order valence-corrected chi connectivity index (χ1v) is 7.95. The number of nitrogens with two attached hydrogens (primary N) is 1. The van der Waals surface area contributed by atoms with E-state index in [-0.39, 0.29) is 6.04 Å². The molecule has 122 valence electrons. The minimum absolute atomic E-state index is 0.168. The van der Waals surface area contributed by atoms with Crippen LogP contribution < -0.4 is 15.2 Å². The van der Waals surface area contributed by atoms with E-state index in [1.165, 1.54) is 5.56 Å². The van der Waals surface area contributed by atoms with E-state index in [9.17, 15) is 0 Å². The molecule has 23 heavy (non-hydrogen) atoms. The lowest BCUT2D eigenvalue weighted by Crippen LogP contribution is -2.28. The maximum absolute atomic E-state index is 6.38. The molecule has 4 nitrogen and oxygen atoms in total. The molecule has 0 aromatic heterocycles. The first kappa shape index (κ1) is 15.8. The van der Waals surface area contributed by atoms with Crippen molar-refractivity contribution in [3.63, 3.8) is 0 Å². The molecule has 0 unspecified atom stereocenters. The van der Waals surface area contributed by atoms with E-state index in [4.69, 9.17) is 15.2 Å². The van der Waals surface area contributed by atoms with Crippen molar-refractivity contribution in [2.24, 2.45) is 5.73 Å². The van der Waals surface area contributed by atoms with Gasteiger partial charge in [0.05, 0.1) is 14.2 Å². The smallest absolute Gasteiger partial charge is 0.127 e. The predicted octanol–water partition coefficient (Wildman–Crippen LogP) is 2.63. The third-order valence-corrected chi connectivity index (χ3v) is 4.56. The SMILES string of the molecule is COc1ccc(CN2C[C@@H](N)[C@H](c3ccccc3)C2)c(OC)c1. The fourth-order valence-electron chi connectivity index (χ4n) is 3.32. The van der Waals surface area contributed by atoms with E-state index < -0.39 is 0 Å². The van der Waals surface area contributed by atoms with Crippen LogP contribution in [-0.2, 0) is 6.54 Å². The molecule has 1 aliphatic heterocycles. The van der Waals surface area contributed by atoms with E-state index in [1.807, 2.05) is 18.2 Å². The van der Waals surface area contributed by atoms with Crippen LogP contribution in [0.2, 0.25) is 0 Å². The maximum Gasteiger partial charge on any atom is 0.127 e. The average Bonchev–Trinajstić information content (AvgIpc) is 2.96. The third-order valence-electron chi connectivity index (χ3n) is 4.56. The van der Waals surface area contributed by atoms with Crippen LogP contribution >= 0.6 is 0 Å². The first-order chi connectivity index (χ1) is 11.2. The second-order valence-electron chi connectivity index (χ2n) is 6.05. The number of methoxy groups -OCH3 is 2. The van der Waals surface area contributed by atoms with Crippen LogP contribution in [0, 0.1) is 0 Å². The maximum atomic E-state index is 6.38. The van der Waals surface area contributed by atoms with Gasteiger partial charge in [0.15, 0.2) is 0 Å². The van der Waals surface area contributed by atoms with Gasteiger partial charge in [-0.15, -0.1) is 0 Å². The molecular weight excluding hydrogens is 288 g/mol. The van der Waals surface area contributed by atoms with Gasteiger partial charge in [0, 0.05) is 43.2 Å². The normalized spacial score (nSPS) is 21.3. The lowest BCUT2D eigenvalue weighted by Gasteiger charge is -2.18. The monoisotopic (exact) mass is 312 g/mol. The summed E-state index contributed by atoms with van der Waals surface area (Å²) in [6.45, 7) is 2.71. The average molecular weight is 312 g/mol. The second kappa shape index (κ2) is 7.02. The second-order valence-corrected chi connectivity index (χ2v) is 6.05. The Hall–Kier alpha value is -2.04. The van der Waals surface area contributed by atoms with Crippen molar-refractivity contribution in [1.82, 2.24) is 4.90 Å². The lowest BCUT2D eigenvalue weighted by molar-refractivity contribution is 0.313. The van der Waals surface area contributed by atoms with Crippen molar-refractivity contribution >= 4 is 0 Å². The Morgan fingerprint density at radius 1 is 1.04 bits per heavy atom. The highest BCUT2D eigenvalue weighted by Crippen LogP contribution is 2.30. The molecule has 0 saturated carbocycles. The van der Waals surface area contributed by atoms with E-state index >= 15 is 0 Å². The number of benzene rings is 2. The van der Waals surface area contributed by atoms with Crippen molar-refractivity contribution in [3.8, 4) is 11.5 Å². The topological polar surface area (TPSA) is 47.7 Å². The van der Waals surface area contributed by atoms with Crippen molar-refractivity contribution in [1.29, 1.82) is 0 Å². The van der Waals surface area contributed by atoms with Gasteiger partial charge in [-0.25, -0.2) is 0 Å². The largest absolute Gasteiger partial charge is 0.497 e. The van der Waals surface area contributed by atoms with Gasteiger partial charge in [0.1, 0.15) is 11.5 Å². The molecule has 2 aromatic rings. The van der Waals surface area contributed by atoms with Crippen molar-refractivity contribution in [2.75, 3.05) is 27.3 Å². The van der Waals surface area contributed by atoms with Crippen LogP contribution in [0.15, 0.2) is 48.5 Å². The highest BCUT2D eigenvalue weighted by atomic mass is 16.5. The van der Waals surface area contributed by atoms with Gasteiger partial charge < -0.3 is 15.2 Å². The van der Waals surface area contributed by atoms with E-state index in [0.717, 1.165) is 36.7 Å². The molecule has 1 saturated heterocycles. The number of nitrogens with zero attached hydrogens (tertiary/aromatic N) is 1. The van der Waals surface area contributed by atoms with E-state index in [0.29, 0.717) is 5.92 Å². The Balaban J connectivity index is 1.72. The number of rotatable bonds is 5. The van der Waals surface area contributed by atoms with Crippen LogP contribution in [0.1, 0.15) is 17.0 Å². The minimum atomic E-state index is 0.168. The third kappa shape index (κ3) is 3.49. The number of hydrogen-bond donors (Lipinski definition) is 1. The summed E-state index contributed by atoms with van der Waals surface area (Å²) in [5.74, 6) is 2.06. The van der Waals surface area contributed by atoms with Crippen LogP contribution in [0.5, 0.6) is 11.5 Å². The summed E-state index contributed by atoms with van der Waals surface area (Å²) in [6.07, 6.45) is 0. The highest BCUT2D eigenvalue weighted by Gasteiger charge is 2.31. The Bertz CT molecular complexity index is 645. The quantitative estimate of drug-likeness (QED) is 0.922. The van der Waals surface area contributed by atoms with Gasteiger partial charge in [0.25, 0.3) is 0 Å². The van der Waals surface area contributed by atoms with Gasteiger partial charge in [-0.1, -0.05) is 36.4 Å². The van der Waals surface area contributed by atoms with Crippen LogP contribution in [0.4, 0.5) is 0 Å². The molecular formula is C19H24N2O2. The standard InChI is InChI=1S/C19H24N2O2/c1-22-16-9-8-15(19(10-16)23-2)11-21-12-17(18(20)13-21)14-6-4-3-5-7-14/h3-10,17-18H,11-13,20H2,1-2H3/t17-,18+/m0/s1. The molecule has 0 radical (unpaired) electrons. The molecule has 0 aliphatic carbocycles. The molecule has 2 N–H and O–H groups in total. The molecule has 1 heterocycles. The summed E-state index contributed by atoms with van der Waals surface area (Å²) in [4.78, 5) is 2.40. The number of hydrogen-bond acceptors (Lipinski definition) is 4. The number of ether oxygens (including phenoxy) is 2. The summed E-state index contributed by atoms with van der Waals surface area (Å²) in [5, 5.41) is 0. The number of likely N-dealkylation sites (tertiary alicyclic amines) is 1. The first-order valence-electron chi connectivity index (χ1n) is 7.95. The van der Waals surface area contributed by atoms with Gasteiger partial charge in [-0.05, 0) is 11.6 Å². The van der Waals surface area contributed by atoms with Gasteiger partial charge in [0.2, 0.25) is 0 Å². The van der Waals surface area contributed by atoms with Crippen LogP contribution in [-0.4, -0.2) is 38.3 Å². The van der Waals surface area contributed by atoms with E-state index in [1.54, 1.807) is 14.2 Å². The molecule has 1 fully saturated rings. The fraction of sp³-hybridized carbons (Fsp3) is 0.368. The minimum Gasteiger partial charge on any atom is -0.497 e. The van der Waals surface area contributed by atoms with Gasteiger partial charge >= 0.3 is 0 Å².